The van der Waals surface area contributed by atoms with Gasteiger partial charge in [-0.2, -0.15) is 0 Å². The first kappa shape index (κ1) is 18.4. The van der Waals surface area contributed by atoms with Crippen LogP contribution in [0.5, 0.6) is 11.6 Å². The topological polar surface area (TPSA) is 35.0 Å². The maximum atomic E-state index is 6.31. The highest BCUT2D eigenvalue weighted by Crippen LogP contribution is 2.54. The van der Waals surface area contributed by atoms with Crippen molar-refractivity contribution in [2.75, 3.05) is 0 Å². The van der Waals surface area contributed by atoms with Crippen molar-refractivity contribution in [3.8, 4) is 11.6 Å². The highest BCUT2D eigenvalue weighted by molar-refractivity contribution is 6.96. The van der Waals surface area contributed by atoms with Gasteiger partial charge in [0, 0.05) is 29.7 Å². The van der Waals surface area contributed by atoms with E-state index in [1.54, 1.807) is 6.20 Å². The molecule has 2 aliphatic heterocycles. The minimum absolute atomic E-state index is 0.126. The van der Waals surface area contributed by atoms with E-state index in [1.165, 1.54) is 27.5 Å². The predicted octanol–water partition coefficient (Wildman–Crippen LogP) is 3.79. The van der Waals surface area contributed by atoms with E-state index < -0.39 is 5.41 Å². The van der Waals surface area contributed by atoms with Crippen LogP contribution in [-0.4, -0.2) is 16.7 Å². The Morgan fingerprint density at radius 3 is 2.24 bits per heavy atom. The molecule has 1 spiro atoms. The van der Waals surface area contributed by atoms with Gasteiger partial charge >= 0.3 is 0 Å². The first-order valence-electron chi connectivity index (χ1n) is 11.2. The van der Waals surface area contributed by atoms with Crippen molar-refractivity contribution >= 4 is 23.1 Å². The van der Waals surface area contributed by atoms with Gasteiger partial charge in [0.15, 0.2) is 0 Å². The average molecular weight is 422 g/mol. The number of para-hydroxylation sites is 1. The van der Waals surface area contributed by atoms with Crippen LogP contribution < -0.4 is 21.1 Å². The summed E-state index contributed by atoms with van der Waals surface area (Å²) >= 11 is 0. The normalized spacial score (nSPS) is 17.4. The fourth-order valence-electron chi connectivity index (χ4n) is 5.83. The Balaban J connectivity index is 1.67. The average Bonchev–Trinajstić information content (AvgIpc) is 2.89. The highest BCUT2D eigenvalue weighted by atomic mass is 16.5. The first-order valence-corrected chi connectivity index (χ1v) is 11.2. The van der Waals surface area contributed by atoms with Gasteiger partial charge in [0.1, 0.15) is 5.75 Å². The van der Waals surface area contributed by atoms with Crippen LogP contribution in [0.1, 0.15) is 22.3 Å². The Bertz CT molecular complexity index is 1420. The van der Waals surface area contributed by atoms with Gasteiger partial charge in [-0.1, -0.05) is 95.3 Å². The van der Waals surface area contributed by atoms with E-state index in [4.69, 9.17) is 4.74 Å². The lowest BCUT2D eigenvalue weighted by Crippen LogP contribution is -2.62. The van der Waals surface area contributed by atoms with E-state index in [-0.39, 0.29) is 6.71 Å². The Kier molecular flexibility index (Phi) is 3.85. The molecule has 0 saturated carbocycles. The van der Waals surface area contributed by atoms with Crippen LogP contribution in [0.3, 0.4) is 0 Å². The third kappa shape index (κ3) is 2.41. The zero-order valence-corrected chi connectivity index (χ0v) is 17.8. The summed E-state index contributed by atoms with van der Waals surface area (Å²) in [6.07, 6.45) is 5.75. The third-order valence-corrected chi connectivity index (χ3v) is 7.05. The Morgan fingerprint density at radius 1 is 0.606 bits per heavy atom. The number of hydrogen-bond donors (Lipinski definition) is 0. The summed E-state index contributed by atoms with van der Waals surface area (Å²) in [5.41, 5.74) is 7.90. The Hall–Kier alpha value is -4.18. The fourth-order valence-corrected chi connectivity index (χ4v) is 5.83. The van der Waals surface area contributed by atoms with Crippen LogP contribution in [0.25, 0.3) is 0 Å². The molecule has 0 aliphatic carbocycles. The second-order valence-electron chi connectivity index (χ2n) is 8.60. The number of nitrogens with zero attached hydrogens (tertiary/aromatic N) is 2. The summed E-state index contributed by atoms with van der Waals surface area (Å²) in [6, 6.07) is 34.2. The SMILES string of the molecule is c1ccc(B2c3ccccc3C3(c4ccccc4Oc4ncccc43)c3cnccc32)cc1. The molecule has 1 unspecified atom stereocenters. The quantitative estimate of drug-likeness (QED) is 0.378. The second-order valence-corrected chi connectivity index (χ2v) is 8.60. The molecule has 4 heteroatoms. The Morgan fingerprint density at radius 2 is 1.33 bits per heavy atom. The Labute approximate surface area is 192 Å². The number of benzene rings is 3. The van der Waals surface area contributed by atoms with Gasteiger partial charge < -0.3 is 4.74 Å². The van der Waals surface area contributed by atoms with Crippen LogP contribution in [0, 0.1) is 0 Å². The van der Waals surface area contributed by atoms with E-state index >= 15 is 0 Å². The molecule has 0 saturated heterocycles. The molecule has 3 nitrogen and oxygen atoms in total. The molecule has 0 fully saturated rings. The lowest BCUT2D eigenvalue weighted by atomic mass is 9.30. The van der Waals surface area contributed by atoms with E-state index in [9.17, 15) is 0 Å². The zero-order chi connectivity index (χ0) is 21.8. The smallest absolute Gasteiger partial charge is 0.242 e. The van der Waals surface area contributed by atoms with Gasteiger partial charge in [-0.3, -0.25) is 4.98 Å². The van der Waals surface area contributed by atoms with Crippen LogP contribution in [-0.2, 0) is 5.41 Å². The molecule has 4 heterocycles. The summed E-state index contributed by atoms with van der Waals surface area (Å²) in [4.78, 5) is 9.28. The molecule has 7 rings (SSSR count). The van der Waals surface area contributed by atoms with Gasteiger partial charge in [0.2, 0.25) is 12.6 Å². The standard InChI is InChI=1S/C29H19BN2O/c1-2-9-20(10-3-1)30-25-14-6-4-11-21(25)29(24-19-31-18-16-26(24)30)22-12-5-7-15-27(22)33-28-23(29)13-8-17-32-28/h1-19H. The maximum absolute atomic E-state index is 6.31. The van der Waals surface area contributed by atoms with Crippen molar-refractivity contribution in [3.05, 3.63) is 138 Å². The third-order valence-electron chi connectivity index (χ3n) is 7.05. The number of aromatic nitrogens is 2. The van der Waals surface area contributed by atoms with Gasteiger partial charge in [-0.15, -0.1) is 0 Å². The summed E-state index contributed by atoms with van der Waals surface area (Å²) in [6.45, 7) is 0.126. The second kappa shape index (κ2) is 6.91. The highest BCUT2D eigenvalue weighted by Gasteiger charge is 2.52. The minimum Gasteiger partial charge on any atom is -0.438 e. The van der Waals surface area contributed by atoms with E-state index in [0.717, 1.165) is 16.9 Å². The molecule has 0 radical (unpaired) electrons. The van der Waals surface area contributed by atoms with Gasteiger partial charge in [0.05, 0.1) is 5.41 Å². The van der Waals surface area contributed by atoms with Crippen molar-refractivity contribution in [2.24, 2.45) is 0 Å². The molecular weight excluding hydrogens is 403 g/mol. The molecule has 5 aromatic rings. The van der Waals surface area contributed by atoms with Crippen molar-refractivity contribution in [1.29, 1.82) is 0 Å². The van der Waals surface area contributed by atoms with Gasteiger partial charge in [-0.05, 0) is 29.3 Å². The summed E-state index contributed by atoms with van der Waals surface area (Å²) in [5.74, 6) is 1.49. The van der Waals surface area contributed by atoms with E-state index in [1.807, 2.05) is 30.6 Å². The summed E-state index contributed by atoms with van der Waals surface area (Å²) in [7, 11) is 0. The maximum Gasteiger partial charge on any atom is 0.242 e. The van der Waals surface area contributed by atoms with E-state index in [0.29, 0.717) is 5.88 Å². The molecule has 1 atom stereocenters. The van der Waals surface area contributed by atoms with Crippen molar-refractivity contribution < 1.29 is 4.74 Å². The first-order chi connectivity index (χ1) is 16.4. The van der Waals surface area contributed by atoms with Gasteiger partial charge in [0.25, 0.3) is 0 Å². The molecule has 2 aromatic heterocycles. The molecule has 2 aliphatic rings. The van der Waals surface area contributed by atoms with Crippen molar-refractivity contribution in [1.82, 2.24) is 9.97 Å². The van der Waals surface area contributed by atoms with Gasteiger partial charge in [-0.25, -0.2) is 4.98 Å². The lowest BCUT2D eigenvalue weighted by molar-refractivity contribution is 0.417. The summed E-state index contributed by atoms with van der Waals surface area (Å²) < 4.78 is 6.31. The molecular formula is C29H19BN2O. The largest absolute Gasteiger partial charge is 0.438 e. The van der Waals surface area contributed by atoms with Crippen molar-refractivity contribution in [2.45, 2.75) is 5.41 Å². The number of fused-ring (bicyclic) bond motifs is 8. The monoisotopic (exact) mass is 422 g/mol. The zero-order valence-electron chi connectivity index (χ0n) is 17.8. The summed E-state index contributed by atoms with van der Waals surface area (Å²) in [5, 5.41) is 0. The number of rotatable bonds is 1. The number of pyridine rings is 2. The van der Waals surface area contributed by atoms with Crippen molar-refractivity contribution in [3.63, 3.8) is 0 Å². The van der Waals surface area contributed by atoms with Crippen LogP contribution >= 0.6 is 0 Å². The molecule has 0 amide bonds. The van der Waals surface area contributed by atoms with Crippen LogP contribution in [0.2, 0.25) is 0 Å². The lowest BCUT2D eigenvalue weighted by Gasteiger charge is -2.46. The molecule has 3 aromatic carbocycles. The predicted molar refractivity (Wildman–Crippen MR) is 132 cm³/mol. The molecule has 154 valence electrons. The molecule has 0 N–H and O–H groups in total. The number of hydrogen-bond acceptors (Lipinski definition) is 3. The van der Waals surface area contributed by atoms with Crippen LogP contribution in [0.15, 0.2) is 116 Å². The fraction of sp³-hybridized carbons (Fsp3) is 0.0345. The van der Waals surface area contributed by atoms with E-state index in [2.05, 4.69) is 88.8 Å². The van der Waals surface area contributed by atoms with Crippen LogP contribution in [0.4, 0.5) is 0 Å². The minimum atomic E-state index is -0.552. The molecule has 0 bridgehead atoms. The number of ether oxygens (including phenoxy) is 1. The molecule has 33 heavy (non-hydrogen) atoms.